The van der Waals surface area contributed by atoms with Crippen LogP contribution >= 0.6 is 0 Å². The van der Waals surface area contributed by atoms with Gasteiger partial charge in [-0.15, -0.1) is 0 Å². The number of nitrogens with zero attached hydrogens (tertiary/aromatic N) is 5. The maximum Gasteiger partial charge on any atom is 0.194 e. The first kappa shape index (κ1) is 28.5. The molecule has 0 fully saturated rings. The summed E-state index contributed by atoms with van der Waals surface area (Å²) in [5.41, 5.74) is 7.96. The summed E-state index contributed by atoms with van der Waals surface area (Å²) in [4.78, 5) is 14.6. The second-order valence-corrected chi connectivity index (χ2v) is 13.3. The van der Waals surface area contributed by atoms with Gasteiger partial charge in [-0.05, 0) is 52.6 Å². The molecule has 0 aliphatic carbocycles. The zero-order valence-corrected chi connectivity index (χ0v) is 27.8. The van der Waals surface area contributed by atoms with Crippen molar-refractivity contribution in [2.45, 2.75) is 0 Å². The van der Waals surface area contributed by atoms with Gasteiger partial charge in [-0.25, -0.2) is 14.8 Å². The van der Waals surface area contributed by atoms with Crippen LogP contribution in [0.15, 0.2) is 164 Å². The van der Waals surface area contributed by atoms with Crippen LogP contribution in [-0.2, 0) is 0 Å². The number of fused-ring (bicyclic) bond motifs is 10. The zero-order chi connectivity index (χ0) is 34.3. The topological polar surface area (TPSA) is 40.0 Å². The van der Waals surface area contributed by atoms with Crippen LogP contribution < -0.4 is 0 Å². The van der Waals surface area contributed by atoms with Gasteiger partial charge in [0.2, 0.25) is 0 Å². The molecule has 0 saturated heterocycles. The standard InChI is InChI=1S/C47H27N5/c1-48-40-27-26-38(32-14-4-5-15-33(32)40)46-49-45-31-13-3-2-12-29(31)22-24-39(45)47(50-46)52-43-21-11-8-18-36(43)37-25-23-30(28-44(37)52)51-41-19-9-6-16-34(41)35-17-7-10-20-42(35)51/h2-28H. The van der Waals surface area contributed by atoms with E-state index in [1.54, 1.807) is 0 Å². The van der Waals surface area contributed by atoms with Crippen LogP contribution in [0.2, 0.25) is 0 Å². The number of hydrogen-bond acceptors (Lipinski definition) is 2. The quantitative estimate of drug-likeness (QED) is 0.140. The SMILES string of the molecule is [C-]#[N+]c1ccc(-c2nc(-n3c4ccccc4c4ccc(-n5c6ccccc6c6ccccc65)cc43)c3ccc4ccccc4c3n2)c2ccccc12. The Labute approximate surface area is 298 Å². The molecule has 0 bridgehead atoms. The molecule has 0 aliphatic heterocycles. The van der Waals surface area contributed by atoms with E-state index in [2.05, 4.69) is 147 Å². The Balaban J connectivity index is 1.28. The summed E-state index contributed by atoms with van der Waals surface area (Å²) in [5, 5.41) is 9.78. The molecule has 0 N–H and O–H groups in total. The maximum atomic E-state index is 7.83. The minimum Gasteiger partial charge on any atom is -0.309 e. The Morgan fingerprint density at radius 2 is 0.981 bits per heavy atom. The molecule has 0 radical (unpaired) electrons. The van der Waals surface area contributed by atoms with Gasteiger partial charge >= 0.3 is 0 Å². The third kappa shape index (κ3) is 3.98. The monoisotopic (exact) mass is 661 g/mol. The molecule has 11 aromatic rings. The van der Waals surface area contributed by atoms with Crippen molar-refractivity contribution in [1.29, 1.82) is 0 Å². The summed E-state index contributed by atoms with van der Waals surface area (Å²) in [6.45, 7) is 7.83. The molecule has 11 rings (SSSR count). The first-order valence-corrected chi connectivity index (χ1v) is 17.4. The van der Waals surface area contributed by atoms with Gasteiger partial charge in [-0.2, -0.15) is 0 Å². The first-order chi connectivity index (χ1) is 25.8. The zero-order valence-electron chi connectivity index (χ0n) is 27.8. The molecule has 0 spiro atoms. The molecule has 0 amide bonds. The van der Waals surface area contributed by atoms with Gasteiger partial charge in [0.1, 0.15) is 5.82 Å². The van der Waals surface area contributed by atoms with Crippen LogP contribution in [0.3, 0.4) is 0 Å². The van der Waals surface area contributed by atoms with Gasteiger partial charge in [-0.1, -0.05) is 127 Å². The fraction of sp³-hybridized carbons (Fsp3) is 0. The third-order valence-corrected chi connectivity index (χ3v) is 10.5. The lowest BCUT2D eigenvalue weighted by Crippen LogP contribution is -2.04. The van der Waals surface area contributed by atoms with Crippen LogP contribution in [0.25, 0.3) is 104 Å². The molecule has 0 aliphatic rings. The Morgan fingerprint density at radius 3 is 1.67 bits per heavy atom. The smallest absolute Gasteiger partial charge is 0.194 e. The molecule has 0 atom stereocenters. The first-order valence-electron chi connectivity index (χ1n) is 17.4. The molecule has 8 aromatic carbocycles. The molecule has 5 nitrogen and oxygen atoms in total. The molecular formula is C47H27N5. The summed E-state index contributed by atoms with van der Waals surface area (Å²) in [7, 11) is 0. The van der Waals surface area contributed by atoms with Crippen molar-refractivity contribution < 1.29 is 0 Å². The Kier molecular flexibility index (Phi) is 5.96. The van der Waals surface area contributed by atoms with E-state index >= 15 is 0 Å². The highest BCUT2D eigenvalue weighted by Crippen LogP contribution is 2.40. The van der Waals surface area contributed by atoms with Crippen LogP contribution in [0.5, 0.6) is 0 Å². The molecule has 3 heterocycles. The minimum absolute atomic E-state index is 0.616. The van der Waals surface area contributed by atoms with Gasteiger partial charge in [0, 0.05) is 43.6 Å². The fourth-order valence-electron chi connectivity index (χ4n) is 8.24. The Hall–Kier alpha value is -7.29. The molecular weight excluding hydrogens is 635 g/mol. The summed E-state index contributed by atoms with van der Waals surface area (Å²) in [6.07, 6.45) is 0. The van der Waals surface area contributed by atoms with E-state index < -0.39 is 0 Å². The van der Waals surface area contributed by atoms with E-state index in [-0.39, 0.29) is 0 Å². The number of benzene rings is 8. The lowest BCUT2D eigenvalue weighted by Gasteiger charge is -2.16. The van der Waals surface area contributed by atoms with Gasteiger partial charge in [0.15, 0.2) is 11.5 Å². The summed E-state index contributed by atoms with van der Waals surface area (Å²) >= 11 is 0. The third-order valence-electron chi connectivity index (χ3n) is 10.5. The van der Waals surface area contributed by atoms with E-state index in [0.717, 1.165) is 71.3 Å². The Morgan fingerprint density at radius 1 is 0.423 bits per heavy atom. The average molecular weight is 662 g/mol. The number of rotatable bonds is 3. The predicted molar refractivity (Wildman–Crippen MR) is 215 cm³/mol. The molecule has 240 valence electrons. The van der Waals surface area contributed by atoms with Gasteiger partial charge < -0.3 is 4.57 Å². The second-order valence-electron chi connectivity index (χ2n) is 13.3. The molecule has 52 heavy (non-hydrogen) atoms. The van der Waals surface area contributed by atoms with Crippen molar-refractivity contribution >= 4 is 81.7 Å². The molecule has 5 heteroatoms. The lowest BCUT2D eigenvalue weighted by molar-refractivity contribution is 1.07. The summed E-state index contributed by atoms with van der Waals surface area (Å²) < 4.78 is 4.69. The van der Waals surface area contributed by atoms with Gasteiger partial charge in [0.05, 0.1) is 34.2 Å². The van der Waals surface area contributed by atoms with Crippen LogP contribution in [0.4, 0.5) is 5.69 Å². The van der Waals surface area contributed by atoms with E-state index in [0.29, 0.717) is 11.5 Å². The van der Waals surface area contributed by atoms with Crippen molar-refractivity contribution in [3.63, 3.8) is 0 Å². The molecule has 0 unspecified atom stereocenters. The van der Waals surface area contributed by atoms with E-state index in [9.17, 15) is 0 Å². The minimum atomic E-state index is 0.616. The average Bonchev–Trinajstić information content (AvgIpc) is 3.72. The normalized spacial score (nSPS) is 11.8. The number of hydrogen-bond donors (Lipinski definition) is 0. The largest absolute Gasteiger partial charge is 0.309 e. The van der Waals surface area contributed by atoms with E-state index in [4.69, 9.17) is 16.5 Å². The lowest BCUT2D eigenvalue weighted by atomic mass is 10.0. The highest BCUT2D eigenvalue weighted by molar-refractivity contribution is 6.14. The van der Waals surface area contributed by atoms with Gasteiger partial charge in [0.25, 0.3) is 0 Å². The van der Waals surface area contributed by atoms with Gasteiger partial charge in [-0.3, -0.25) is 4.57 Å². The summed E-state index contributed by atoms with van der Waals surface area (Å²) in [6, 6.07) is 57.3. The van der Waals surface area contributed by atoms with E-state index in [1.165, 1.54) is 21.8 Å². The maximum absolute atomic E-state index is 7.83. The van der Waals surface area contributed by atoms with Crippen molar-refractivity contribution in [3.8, 4) is 22.9 Å². The van der Waals surface area contributed by atoms with E-state index in [1.807, 2.05) is 30.3 Å². The number of para-hydroxylation sites is 3. The predicted octanol–water partition coefficient (Wildman–Crippen LogP) is 12.3. The Bertz CT molecular complexity index is 3270. The highest BCUT2D eigenvalue weighted by atomic mass is 15.1. The summed E-state index contributed by atoms with van der Waals surface area (Å²) in [5.74, 6) is 1.44. The number of aromatic nitrogens is 4. The second kappa shape index (κ2) is 10.9. The van der Waals surface area contributed by atoms with Crippen LogP contribution in [0, 0.1) is 6.57 Å². The van der Waals surface area contributed by atoms with Crippen LogP contribution in [0.1, 0.15) is 0 Å². The van der Waals surface area contributed by atoms with Crippen molar-refractivity contribution in [3.05, 3.63) is 175 Å². The highest BCUT2D eigenvalue weighted by Gasteiger charge is 2.21. The fourth-order valence-corrected chi connectivity index (χ4v) is 8.24. The van der Waals surface area contributed by atoms with Crippen molar-refractivity contribution in [2.24, 2.45) is 0 Å². The van der Waals surface area contributed by atoms with Crippen molar-refractivity contribution in [2.75, 3.05) is 0 Å². The van der Waals surface area contributed by atoms with Crippen molar-refractivity contribution in [1.82, 2.24) is 19.1 Å². The molecule has 3 aromatic heterocycles. The molecule has 0 saturated carbocycles. The van der Waals surface area contributed by atoms with Crippen LogP contribution in [-0.4, -0.2) is 19.1 Å².